The van der Waals surface area contributed by atoms with Crippen molar-refractivity contribution in [3.05, 3.63) is 36.2 Å². The second-order valence-corrected chi connectivity index (χ2v) is 3.47. The Balaban J connectivity index is 2.07. The molecule has 0 aliphatic heterocycles. The third-order valence-electron chi connectivity index (χ3n) is 2.31. The Hall–Kier alpha value is -2.11. The van der Waals surface area contributed by atoms with Gasteiger partial charge in [-0.05, 0) is 19.1 Å². The van der Waals surface area contributed by atoms with Gasteiger partial charge in [0.15, 0.2) is 17.4 Å². The highest BCUT2D eigenvalue weighted by Crippen LogP contribution is 2.20. The Kier molecular flexibility index (Phi) is 3.22. The first kappa shape index (κ1) is 11.4. The van der Waals surface area contributed by atoms with Gasteiger partial charge in [0.25, 0.3) is 0 Å². The number of nitrogens with two attached hydrogens (primary N) is 1. The zero-order valence-electron chi connectivity index (χ0n) is 9.43. The molecule has 2 aromatic rings. The highest BCUT2D eigenvalue weighted by atomic mass is 19.1. The van der Waals surface area contributed by atoms with E-state index in [2.05, 4.69) is 10.1 Å². The van der Waals surface area contributed by atoms with Crippen LogP contribution in [0, 0.1) is 5.82 Å². The minimum absolute atomic E-state index is 0.157. The van der Waals surface area contributed by atoms with Crippen LogP contribution in [0.4, 0.5) is 10.1 Å². The monoisotopic (exact) mass is 236 g/mol. The lowest BCUT2D eigenvalue weighted by Crippen LogP contribution is -2.07. The maximum absolute atomic E-state index is 13.4. The fourth-order valence-electron chi connectivity index (χ4n) is 1.44. The molecule has 6 heteroatoms. The first-order valence-corrected chi connectivity index (χ1v) is 5.25. The van der Waals surface area contributed by atoms with E-state index in [1.165, 1.54) is 18.5 Å². The van der Waals surface area contributed by atoms with Gasteiger partial charge >= 0.3 is 0 Å². The third kappa shape index (κ3) is 2.52. The number of rotatable bonds is 4. The summed E-state index contributed by atoms with van der Waals surface area (Å²) in [7, 11) is 0. The van der Waals surface area contributed by atoms with Crippen molar-refractivity contribution in [2.75, 3.05) is 5.73 Å². The van der Waals surface area contributed by atoms with Crippen molar-refractivity contribution in [3.8, 4) is 5.75 Å². The van der Waals surface area contributed by atoms with Crippen LogP contribution < -0.4 is 10.5 Å². The summed E-state index contributed by atoms with van der Waals surface area (Å²) in [6.45, 7) is 2.82. The number of hydrogen-bond acceptors (Lipinski definition) is 4. The molecule has 0 unspecified atom stereocenters. The van der Waals surface area contributed by atoms with Crippen LogP contribution in [-0.4, -0.2) is 14.8 Å². The Bertz CT molecular complexity index is 512. The molecule has 0 amide bonds. The van der Waals surface area contributed by atoms with Crippen LogP contribution in [0.3, 0.4) is 0 Å². The summed E-state index contributed by atoms with van der Waals surface area (Å²) in [5.74, 6) is 0.334. The van der Waals surface area contributed by atoms with Crippen molar-refractivity contribution in [2.24, 2.45) is 0 Å². The zero-order chi connectivity index (χ0) is 12.3. The van der Waals surface area contributed by atoms with Gasteiger partial charge in [-0.15, -0.1) is 0 Å². The van der Waals surface area contributed by atoms with Gasteiger partial charge in [-0.3, -0.25) is 0 Å². The Morgan fingerprint density at radius 1 is 1.47 bits per heavy atom. The van der Waals surface area contributed by atoms with E-state index in [4.69, 9.17) is 10.5 Å². The number of halogens is 1. The fourth-order valence-corrected chi connectivity index (χ4v) is 1.44. The number of ether oxygens (including phenoxy) is 1. The largest absolute Gasteiger partial charge is 0.483 e. The van der Waals surface area contributed by atoms with Gasteiger partial charge in [-0.2, -0.15) is 5.10 Å². The molecule has 0 spiro atoms. The maximum atomic E-state index is 13.4. The SMILES string of the molecule is CCn1ncnc1COc1ccc(N)cc1F. The molecule has 0 fully saturated rings. The van der Waals surface area contributed by atoms with E-state index in [1.54, 1.807) is 10.7 Å². The van der Waals surface area contributed by atoms with Crippen molar-refractivity contribution < 1.29 is 9.13 Å². The van der Waals surface area contributed by atoms with Crippen molar-refractivity contribution in [3.63, 3.8) is 0 Å². The molecular formula is C11H13FN4O. The van der Waals surface area contributed by atoms with E-state index < -0.39 is 5.82 Å². The van der Waals surface area contributed by atoms with Gasteiger partial charge in [0.1, 0.15) is 12.9 Å². The molecule has 0 radical (unpaired) electrons. The van der Waals surface area contributed by atoms with E-state index in [0.29, 0.717) is 18.1 Å². The first-order valence-electron chi connectivity index (χ1n) is 5.25. The third-order valence-corrected chi connectivity index (χ3v) is 2.31. The topological polar surface area (TPSA) is 66.0 Å². The maximum Gasteiger partial charge on any atom is 0.167 e. The number of hydrogen-bond donors (Lipinski definition) is 1. The molecule has 2 N–H and O–H groups in total. The van der Waals surface area contributed by atoms with Gasteiger partial charge in [-0.1, -0.05) is 0 Å². The molecule has 1 heterocycles. The van der Waals surface area contributed by atoms with E-state index in [0.717, 1.165) is 0 Å². The summed E-state index contributed by atoms with van der Waals surface area (Å²) in [5.41, 5.74) is 5.81. The van der Waals surface area contributed by atoms with Crippen LogP contribution >= 0.6 is 0 Å². The standard InChI is InChI=1S/C11H13FN4O/c1-2-16-11(14-7-15-16)6-17-10-4-3-8(13)5-9(10)12/h3-5,7H,2,6,13H2,1H3. The number of benzene rings is 1. The minimum atomic E-state index is -0.479. The minimum Gasteiger partial charge on any atom is -0.483 e. The summed E-state index contributed by atoms with van der Waals surface area (Å²) >= 11 is 0. The van der Waals surface area contributed by atoms with E-state index in [9.17, 15) is 4.39 Å². The van der Waals surface area contributed by atoms with Crippen LogP contribution in [0.5, 0.6) is 5.75 Å². The number of nitrogen functional groups attached to an aromatic ring is 1. The van der Waals surface area contributed by atoms with Gasteiger partial charge in [0.05, 0.1) is 0 Å². The van der Waals surface area contributed by atoms with Crippen LogP contribution in [0.25, 0.3) is 0 Å². The molecule has 0 saturated heterocycles. The number of aryl methyl sites for hydroxylation is 1. The van der Waals surface area contributed by atoms with Crippen molar-refractivity contribution in [1.29, 1.82) is 0 Å². The number of nitrogens with zero attached hydrogens (tertiary/aromatic N) is 3. The lowest BCUT2D eigenvalue weighted by molar-refractivity contribution is 0.273. The molecule has 0 bridgehead atoms. The summed E-state index contributed by atoms with van der Waals surface area (Å²) < 4.78 is 20.4. The Morgan fingerprint density at radius 2 is 2.29 bits per heavy atom. The van der Waals surface area contributed by atoms with E-state index >= 15 is 0 Å². The number of aromatic nitrogens is 3. The highest BCUT2D eigenvalue weighted by Gasteiger charge is 2.07. The molecule has 2 rings (SSSR count). The molecule has 1 aromatic heterocycles. The van der Waals surface area contributed by atoms with Crippen molar-refractivity contribution in [1.82, 2.24) is 14.8 Å². The number of anilines is 1. The smallest absolute Gasteiger partial charge is 0.167 e. The zero-order valence-corrected chi connectivity index (χ0v) is 9.43. The molecule has 17 heavy (non-hydrogen) atoms. The molecule has 90 valence electrons. The second-order valence-electron chi connectivity index (χ2n) is 3.47. The predicted octanol–water partition coefficient (Wildman–Crippen LogP) is 1.60. The Labute approximate surface area is 98.0 Å². The lowest BCUT2D eigenvalue weighted by Gasteiger charge is -2.07. The summed E-state index contributed by atoms with van der Waals surface area (Å²) in [4.78, 5) is 4.03. The first-order chi connectivity index (χ1) is 8.20. The fraction of sp³-hybridized carbons (Fsp3) is 0.273. The Morgan fingerprint density at radius 3 is 3.00 bits per heavy atom. The van der Waals surface area contributed by atoms with Crippen molar-refractivity contribution in [2.45, 2.75) is 20.1 Å². The molecule has 5 nitrogen and oxygen atoms in total. The quantitative estimate of drug-likeness (QED) is 0.819. The molecular weight excluding hydrogens is 223 g/mol. The van der Waals surface area contributed by atoms with Gasteiger partial charge in [0.2, 0.25) is 0 Å². The summed E-state index contributed by atoms with van der Waals surface area (Å²) in [6.07, 6.45) is 1.45. The van der Waals surface area contributed by atoms with Crippen LogP contribution in [-0.2, 0) is 13.2 Å². The van der Waals surface area contributed by atoms with Crippen LogP contribution in [0.2, 0.25) is 0 Å². The van der Waals surface area contributed by atoms with Gasteiger partial charge in [0, 0.05) is 18.3 Å². The van der Waals surface area contributed by atoms with Gasteiger partial charge in [-0.25, -0.2) is 14.1 Å². The summed E-state index contributed by atoms with van der Waals surface area (Å²) in [5, 5.41) is 4.00. The molecule has 0 aliphatic rings. The van der Waals surface area contributed by atoms with Crippen LogP contribution in [0.1, 0.15) is 12.7 Å². The van der Waals surface area contributed by atoms with E-state index in [1.807, 2.05) is 6.92 Å². The molecule has 0 aliphatic carbocycles. The molecule has 0 saturated carbocycles. The molecule has 0 atom stereocenters. The van der Waals surface area contributed by atoms with Crippen molar-refractivity contribution >= 4 is 5.69 Å². The lowest BCUT2D eigenvalue weighted by atomic mass is 10.3. The second kappa shape index (κ2) is 4.82. The average molecular weight is 236 g/mol. The summed E-state index contributed by atoms with van der Waals surface area (Å²) in [6, 6.07) is 4.31. The highest BCUT2D eigenvalue weighted by molar-refractivity contribution is 5.42. The molecule has 1 aromatic carbocycles. The van der Waals surface area contributed by atoms with Gasteiger partial charge < -0.3 is 10.5 Å². The predicted molar refractivity (Wildman–Crippen MR) is 60.8 cm³/mol. The normalized spacial score (nSPS) is 10.5. The average Bonchev–Trinajstić information content (AvgIpc) is 2.75. The van der Waals surface area contributed by atoms with E-state index in [-0.39, 0.29) is 12.4 Å². The van der Waals surface area contributed by atoms with Crippen LogP contribution in [0.15, 0.2) is 24.5 Å².